The number of nitrogens with one attached hydrogen (secondary N) is 1. The van der Waals surface area contributed by atoms with E-state index in [0.717, 1.165) is 11.3 Å². The van der Waals surface area contributed by atoms with E-state index >= 15 is 0 Å². The van der Waals surface area contributed by atoms with Gasteiger partial charge in [0.05, 0.1) is 23.5 Å². The molecule has 0 atom stereocenters. The maximum absolute atomic E-state index is 12.3. The number of hydrazone groups is 1. The van der Waals surface area contributed by atoms with Crippen LogP contribution in [0.25, 0.3) is 11.4 Å². The van der Waals surface area contributed by atoms with Gasteiger partial charge in [0, 0.05) is 29.8 Å². The molecule has 0 saturated heterocycles. The zero-order valence-electron chi connectivity index (χ0n) is 17.8. The smallest absolute Gasteiger partial charge is 0.270 e. The number of nitro groups is 1. The molecule has 2 aromatic carbocycles. The van der Waals surface area contributed by atoms with Gasteiger partial charge in [-0.15, -0.1) is 10.2 Å². The Hall–Kier alpha value is -3.73. The Balaban J connectivity index is 1.63. The van der Waals surface area contributed by atoms with Crippen LogP contribution in [-0.4, -0.2) is 44.2 Å². The summed E-state index contributed by atoms with van der Waals surface area (Å²) < 4.78 is 7.11. The Kier molecular flexibility index (Phi) is 7.55. The highest BCUT2D eigenvalue weighted by Crippen LogP contribution is 2.25. The Morgan fingerprint density at radius 1 is 1.25 bits per heavy atom. The molecule has 0 unspecified atom stereocenters. The van der Waals surface area contributed by atoms with Crippen LogP contribution in [0.2, 0.25) is 0 Å². The first kappa shape index (κ1) is 22.9. The summed E-state index contributed by atoms with van der Waals surface area (Å²) in [7, 11) is 1.61. The highest BCUT2D eigenvalue weighted by atomic mass is 32.2. The van der Waals surface area contributed by atoms with Gasteiger partial charge in [0.1, 0.15) is 5.75 Å². The molecular weight excluding hydrogens is 432 g/mol. The van der Waals surface area contributed by atoms with Crippen LogP contribution in [0.1, 0.15) is 19.4 Å². The van der Waals surface area contributed by atoms with Gasteiger partial charge >= 0.3 is 0 Å². The standard InChI is InChI=1S/C21H22N6O4S/c1-4-26-20(15-8-10-18(31-3)11-9-15)24-25-21(26)32-13-19(28)23-22-14(2)16-6-5-7-17(12-16)27(29)30/h5-12H,4,13H2,1-3H3,(H,23,28)/b22-14+. The van der Waals surface area contributed by atoms with Gasteiger partial charge in [0.15, 0.2) is 11.0 Å². The van der Waals surface area contributed by atoms with Crippen molar-refractivity contribution in [1.29, 1.82) is 0 Å². The molecule has 11 heteroatoms. The van der Waals surface area contributed by atoms with Gasteiger partial charge in [-0.25, -0.2) is 5.43 Å². The summed E-state index contributed by atoms with van der Waals surface area (Å²) in [5, 5.41) is 24.0. The number of nitro benzene ring substituents is 1. The van der Waals surface area contributed by atoms with Crippen LogP contribution in [0.15, 0.2) is 58.8 Å². The van der Waals surface area contributed by atoms with Crippen molar-refractivity contribution in [3.63, 3.8) is 0 Å². The number of ether oxygens (including phenoxy) is 1. The fourth-order valence-corrected chi connectivity index (χ4v) is 3.65. The molecule has 0 fully saturated rings. The largest absolute Gasteiger partial charge is 0.497 e. The molecule has 0 saturated carbocycles. The number of aromatic nitrogens is 3. The summed E-state index contributed by atoms with van der Waals surface area (Å²) in [5.41, 5.74) is 4.36. The van der Waals surface area contributed by atoms with Crippen molar-refractivity contribution in [2.75, 3.05) is 12.9 Å². The van der Waals surface area contributed by atoms with E-state index in [9.17, 15) is 14.9 Å². The number of amides is 1. The normalized spacial score (nSPS) is 11.3. The van der Waals surface area contributed by atoms with Crippen molar-refractivity contribution in [1.82, 2.24) is 20.2 Å². The van der Waals surface area contributed by atoms with E-state index in [2.05, 4.69) is 20.7 Å². The van der Waals surface area contributed by atoms with E-state index in [1.165, 1.54) is 23.9 Å². The molecule has 0 bridgehead atoms. The number of hydrogen-bond acceptors (Lipinski definition) is 8. The summed E-state index contributed by atoms with van der Waals surface area (Å²) in [6, 6.07) is 13.6. The third-order valence-corrected chi connectivity index (χ3v) is 5.50. The molecule has 0 aliphatic heterocycles. The van der Waals surface area contributed by atoms with Crippen molar-refractivity contribution in [3.8, 4) is 17.1 Å². The summed E-state index contributed by atoms with van der Waals surface area (Å²) in [6.45, 7) is 4.29. The van der Waals surface area contributed by atoms with Crippen molar-refractivity contribution in [3.05, 3.63) is 64.2 Å². The Labute approximate surface area is 188 Å². The van der Waals surface area contributed by atoms with E-state index < -0.39 is 4.92 Å². The monoisotopic (exact) mass is 454 g/mol. The number of benzene rings is 2. The molecule has 3 aromatic rings. The third-order valence-electron chi connectivity index (χ3n) is 4.54. The number of hydrogen-bond donors (Lipinski definition) is 1. The van der Waals surface area contributed by atoms with Gasteiger partial charge in [-0.2, -0.15) is 5.10 Å². The number of rotatable bonds is 9. The summed E-state index contributed by atoms with van der Waals surface area (Å²) in [5.74, 6) is 1.23. The molecule has 166 valence electrons. The molecule has 32 heavy (non-hydrogen) atoms. The quantitative estimate of drug-likeness (QED) is 0.227. The van der Waals surface area contributed by atoms with E-state index in [-0.39, 0.29) is 17.3 Å². The molecule has 3 rings (SSSR count). The van der Waals surface area contributed by atoms with Crippen LogP contribution in [0.3, 0.4) is 0 Å². The van der Waals surface area contributed by atoms with E-state index in [1.807, 2.05) is 35.8 Å². The summed E-state index contributed by atoms with van der Waals surface area (Å²) >= 11 is 1.25. The average molecular weight is 455 g/mol. The number of nitrogens with zero attached hydrogens (tertiary/aromatic N) is 5. The van der Waals surface area contributed by atoms with E-state index in [1.54, 1.807) is 26.2 Å². The van der Waals surface area contributed by atoms with Gasteiger partial charge in [-0.05, 0) is 38.1 Å². The van der Waals surface area contributed by atoms with Crippen molar-refractivity contribution < 1.29 is 14.5 Å². The third kappa shape index (κ3) is 5.49. The Morgan fingerprint density at radius 2 is 2.00 bits per heavy atom. The average Bonchev–Trinajstić information content (AvgIpc) is 3.24. The second-order valence-electron chi connectivity index (χ2n) is 6.61. The lowest BCUT2D eigenvalue weighted by atomic mass is 10.1. The van der Waals surface area contributed by atoms with Crippen LogP contribution in [-0.2, 0) is 11.3 Å². The van der Waals surface area contributed by atoms with Crippen LogP contribution in [0, 0.1) is 10.1 Å². The zero-order valence-corrected chi connectivity index (χ0v) is 18.6. The Bertz CT molecular complexity index is 1140. The number of non-ortho nitro benzene ring substituents is 1. The maximum Gasteiger partial charge on any atom is 0.270 e. The first-order valence-corrected chi connectivity index (χ1v) is 10.7. The van der Waals surface area contributed by atoms with Gasteiger partial charge in [0.2, 0.25) is 0 Å². The van der Waals surface area contributed by atoms with Crippen LogP contribution in [0.4, 0.5) is 5.69 Å². The van der Waals surface area contributed by atoms with E-state index in [0.29, 0.717) is 28.8 Å². The minimum atomic E-state index is -0.476. The molecule has 10 nitrogen and oxygen atoms in total. The minimum Gasteiger partial charge on any atom is -0.497 e. The molecule has 1 heterocycles. The minimum absolute atomic E-state index is 0.0366. The second kappa shape index (κ2) is 10.5. The molecule has 0 aliphatic carbocycles. The van der Waals surface area contributed by atoms with Crippen molar-refractivity contribution in [2.24, 2.45) is 5.10 Å². The van der Waals surface area contributed by atoms with Crippen LogP contribution in [0.5, 0.6) is 5.75 Å². The number of carbonyl (C=O) groups is 1. The van der Waals surface area contributed by atoms with Gasteiger partial charge in [-0.1, -0.05) is 23.9 Å². The second-order valence-corrected chi connectivity index (χ2v) is 7.55. The van der Waals surface area contributed by atoms with Gasteiger partial charge in [-0.3, -0.25) is 14.9 Å². The zero-order chi connectivity index (χ0) is 23.1. The molecule has 1 amide bonds. The highest BCUT2D eigenvalue weighted by Gasteiger charge is 2.15. The molecule has 0 spiro atoms. The summed E-state index contributed by atoms with van der Waals surface area (Å²) in [4.78, 5) is 22.7. The fourth-order valence-electron chi connectivity index (χ4n) is 2.85. The highest BCUT2D eigenvalue weighted by molar-refractivity contribution is 7.99. The topological polar surface area (TPSA) is 125 Å². The molecule has 0 radical (unpaired) electrons. The van der Waals surface area contributed by atoms with Crippen LogP contribution < -0.4 is 10.2 Å². The summed E-state index contributed by atoms with van der Waals surface area (Å²) in [6.07, 6.45) is 0. The van der Waals surface area contributed by atoms with E-state index in [4.69, 9.17) is 4.74 Å². The fraction of sp³-hybridized carbons (Fsp3) is 0.238. The number of carbonyl (C=O) groups excluding carboxylic acids is 1. The van der Waals surface area contributed by atoms with Crippen molar-refractivity contribution >= 4 is 29.1 Å². The number of methoxy groups -OCH3 is 1. The molecule has 1 N–H and O–H groups in total. The van der Waals surface area contributed by atoms with Crippen molar-refractivity contribution in [2.45, 2.75) is 25.5 Å². The molecular formula is C21H22N6O4S. The maximum atomic E-state index is 12.3. The first-order chi connectivity index (χ1) is 15.4. The predicted molar refractivity (Wildman–Crippen MR) is 122 cm³/mol. The lowest BCUT2D eigenvalue weighted by Gasteiger charge is -2.08. The SMILES string of the molecule is CCn1c(SCC(=O)N/N=C(\C)c2cccc([N+](=O)[O-])c2)nnc1-c1ccc(OC)cc1. The molecule has 0 aliphatic rings. The number of thioether (sulfide) groups is 1. The lowest BCUT2D eigenvalue weighted by Crippen LogP contribution is -2.21. The lowest BCUT2D eigenvalue weighted by molar-refractivity contribution is -0.384. The van der Waals surface area contributed by atoms with Crippen LogP contribution >= 0.6 is 11.8 Å². The predicted octanol–water partition coefficient (Wildman–Crippen LogP) is 3.51. The van der Waals surface area contributed by atoms with Gasteiger partial charge in [0.25, 0.3) is 11.6 Å². The molecule has 1 aromatic heterocycles. The Morgan fingerprint density at radius 3 is 2.66 bits per heavy atom. The first-order valence-electron chi connectivity index (χ1n) is 9.71. The van der Waals surface area contributed by atoms with Gasteiger partial charge < -0.3 is 9.30 Å².